The fraction of sp³-hybridized carbons (Fsp3) is 0.421. The molecule has 1 fully saturated rings. The number of carbonyl (C=O) groups excluding carboxylic acids is 1. The molecule has 1 unspecified atom stereocenters. The fourth-order valence-corrected chi connectivity index (χ4v) is 4.66. The zero-order chi connectivity index (χ0) is 20.4. The van der Waals surface area contributed by atoms with Crippen LogP contribution >= 0.6 is 22.7 Å². The molecule has 4 heterocycles. The Kier molecular flexibility index (Phi) is 5.79. The summed E-state index contributed by atoms with van der Waals surface area (Å²) >= 11 is 2.79. The van der Waals surface area contributed by atoms with Gasteiger partial charge in [0.2, 0.25) is 0 Å². The molecule has 2 N–H and O–H groups in total. The highest BCUT2D eigenvalue weighted by Gasteiger charge is 2.32. The Morgan fingerprint density at radius 3 is 2.93 bits per heavy atom. The third kappa shape index (κ3) is 4.57. The van der Waals surface area contributed by atoms with Gasteiger partial charge >= 0.3 is 0 Å². The predicted molar refractivity (Wildman–Crippen MR) is 114 cm³/mol. The molecule has 4 rings (SSSR count). The SMILES string of the molecule is CC(O)(Cn1ccc2sccc2c1=O)C(=O)Nc1nc(CN2CCOCC2)cs1. The average molecular weight is 435 g/mol. The number of thiophene rings is 1. The molecule has 1 saturated heterocycles. The summed E-state index contributed by atoms with van der Waals surface area (Å²) in [7, 11) is 0. The summed E-state index contributed by atoms with van der Waals surface area (Å²) in [6, 6.07) is 3.56. The molecule has 1 amide bonds. The van der Waals surface area contributed by atoms with Gasteiger partial charge in [0.05, 0.1) is 30.8 Å². The van der Waals surface area contributed by atoms with Gasteiger partial charge in [-0.3, -0.25) is 19.8 Å². The third-order valence-electron chi connectivity index (χ3n) is 4.82. The number of nitrogens with zero attached hydrogens (tertiary/aromatic N) is 3. The van der Waals surface area contributed by atoms with Crippen LogP contribution in [0.3, 0.4) is 0 Å². The van der Waals surface area contributed by atoms with Crippen molar-refractivity contribution in [3.8, 4) is 0 Å². The van der Waals surface area contributed by atoms with E-state index in [9.17, 15) is 14.7 Å². The van der Waals surface area contributed by atoms with Crippen molar-refractivity contribution in [1.82, 2.24) is 14.5 Å². The smallest absolute Gasteiger partial charge is 0.259 e. The lowest BCUT2D eigenvalue weighted by atomic mass is 10.1. The molecule has 0 bridgehead atoms. The summed E-state index contributed by atoms with van der Waals surface area (Å²) in [4.78, 5) is 31.9. The Balaban J connectivity index is 1.41. The second-order valence-corrected chi connectivity index (χ2v) is 9.01. The minimum Gasteiger partial charge on any atom is -0.379 e. The number of morpholine rings is 1. The lowest BCUT2D eigenvalue weighted by Gasteiger charge is -2.25. The molecule has 3 aromatic rings. The maximum Gasteiger partial charge on any atom is 0.259 e. The van der Waals surface area contributed by atoms with Gasteiger partial charge in [-0.15, -0.1) is 22.7 Å². The quantitative estimate of drug-likeness (QED) is 0.614. The second kappa shape index (κ2) is 8.33. The van der Waals surface area contributed by atoms with Crippen molar-refractivity contribution in [3.63, 3.8) is 0 Å². The minimum atomic E-state index is -1.76. The van der Waals surface area contributed by atoms with E-state index in [4.69, 9.17) is 4.74 Å². The van der Waals surface area contributed by atoms with E-state index >= 15 is 0 Å². The van der Waals surface area contributed by atoms with E-state index in [1.807, 2.05) is 16.8 Å². The van der Waals surface area contributed by atoms with Crippen molar-refractivity contribution in [2.24, 2.45) is 0 Å². The van der Waals surface area contributed by atoms with Crippen LogP contribution in [0.1, 0.15) is 12.6 Å². The van der Waals surface area contributed by atoms with E-state index in [1.54, 1.807) is 12.3 Å². The summed E-state index contributed by atoms with van der Waals surface area (Å²) in [5, 5.41) is 18.1. The molecule has 0 aliphatic carbocycles. The summed E-state index contributed by atoms with van der Waals surface area (Å²) in [6.45, 7) is 5.10. The fourth-order valence-electron chi connectivity index (χ4n) is 3.19. The number of rotatable bonds is 6. The molecule has 3 aromatic heterocycles. The Hall–Kier alpha value is -2.11. The highest BCUT2D eigenvalue weighted by molar-refractivity contribution is 7.17. The van der Waals surface area contributed by atoms with E-state index in [2.05, 4.69) is 15.2 Å². The molecule has 0 saturated carbocycles. The number of aromatic nitrogens is 2. The molecule has 10 heteroatoms. The number of nitrogens with one attached hydrogen (secondary N) is 1. The average Bonchev–Trinajstić information content (AvgIpc) is 3.34. The van der Waals surface area contributed by atoms with Crippen molar-refractivity contribution < 1.29 is 14.6 Å². The summed E-state index contributed by atoms with van der Waals surface area (Å²) in [5.74, 6) is -0.595. The van der Waals surface area contributed by atoms with E-state index in [1.165, 1.54) is 34.2 Å². The van der Waals surface area contributed by atoms with E-state index in [0.29, 0.717) is 30.3 Å². The molecular weight excluding hydrogens is 412 g/mol. The lowest BCUT2D eigenvalue weighted by molar-refractivity contribution is -0.133. The van der Waals surface area contributed by atoms with Crippen LogP contribution < -0.4 is 10.9 Å². The van der Waals surface area contributed by atoms with Gasteiger partial charge in [-0.1, -0.05) is 0 Å². The maximum atomic E-state index is 12.6. The van der Waals surface area contributed by atoms with Crippen molar-refractivity contribution in [1.29, 1.82) is 0 Å². The first-order valence-electron chi connectivity index (χ1n) is 9.27. The number of fused-ring (bicyclic) bond motifs is 1. The van der Waals surface area contributed by atoms with E-state index in [-0.39, 0.29) is 12.1 Å². The highest BCUT2D eigenvalue weighted by atomic mass is 32.1. The van der Waals surface area contributed by atoms with Crippen LogP contribution in [0.4, 0.5) is 5.13 Å². The molecule has 0 aromatic carbocycles. The van der Waals surface area contributed by atoms with Crippen LogP contribution in [-0.2, 0) is 22.6 Å². The third-order valence-corrected chi connectivity index (χ3v) is 6.51. The van der Waals surface area contributed by atoms with Gasteiger partial charge in [0.15, 0.2) is 10.7 Å². The normalized spacial score (nSPS) is 17.3. The molecule has 1 aliphatic heterocycles. The maximum absolute atomic E-state index is 12.6. The van der Waals surface area contributed by atoms with Gasteiger partial charge in [-0.25, -0.2) is 4.98 Å². The largest absolute Gasteiger partial charge is 0.379 e. The van der Waals surface area contributed by atoms with Crippen molar-refractivity contribution in [2.75, 3.05) is 31.6 Å². The number of hydrogen-bond acceptors (Lipinski definition) is 8. The molecule has 0 spiro atoms. The zero-order valence-electron chi connectivity index (χ0n) is 16.0. The van der Waals surface area contributed by atoms with Crippen LogP contribution in [-0.4, -0.2) is 57.4 Å². The van der Waals surface area contributed by atoms with Gasteiger partial charge in [-0.05, 0) is 24.4 Å². The minimum absolute atomic E-state index is 0.143. The monoisotopic (exact) mass is 434 g/mol. The Bertz CT molecular complexity index is 1070. The first-order valence-corrected chi connectivity index (χ1v) is 11.0. The number of ether oxygens (including phenoxy) is 1. The van der Waals surface area contributed by atoms with Gasteiger partial charge in [0.25, 0.3) is 11.5 Å². The first-order chi connectivity index (χ1) is 13.9. The predicted octanol–water partition coefficient (Wildman–Crippen LogP) is 1.74. The van der Waals surface area contributed by atoms with Crippen molar-refractivity contribution >= 4 is 43.8 Å². The Labute approximate surface area is 175 Å². The Morgan fingerprint density at radius 2 is 2.14 bits per heavy atom. The molecule has 1 atom stereocenters. The zero-order valence-corrected chi connectivity index (χ0v) is 17.6. The molecular formula is C19H22N4O4S2. The number of thiazole rings is 1. The van der Waals surface area contributed by atoms with E-state index < -0.39 is 11.5 Å². The molecule has 1 aliphatic rings. The standard InChI is InChI=1S/C19H22N4O4S2/c1-19(26,12-23-4-2-15-14(16(23)24)3-9-28-15)17(25)21-18-20-13(11-29-18)10-22-5-7-27-8-6-22/h2-4,9,11,26H,5-8,10,12H2,1H3,(H,20,21,25). The lowest BCUT2D eigenvalue weighted by Crippen LogP contribution is -2.45. The van der Waals surface area contributed by atoms with Crippen LogP contribution in [0.2, 0.25) is 0 Å². The number of aliphatic hydroxyl groups is 1. The highest BCUT2D eigenvalue weighted by Crippen LogP contribution is 2.20. The second-order valence-electron chi connectivity index (χ2n) is 7.21. The van der Waals surface area contributed by atoms with Crippen LogP contribution in [0.5, 0.6) is 0 Å². The number of anilines is 1. The Morgan fingerprint density at radius 1 is 1.34 bits per heavy atom. The summed E-state index contributed by atoms with van der Waals surface area (Å²) < 4.78 is 7.58. The molecule has 8 nitrogen and oxygen atoms in total. The van der Waals surface area contributed by atoms with Crippen LogP contribution in [0, 0.1) is 0 Å². The number of amides is 1. The van der Waals surface area contributed by atoms with Crippen LogP contribution in [0.25, 0.3) is 10.1 Å². The molecule has 0 radical (unpaired) electrons. The van der Waals surface area contributed by atoms with Crippen molar-refractivity contribution in [3.05, 3.63) is 45.1 Å². The van der Waals surface area contributed by atoms with Gasteiger partial charge < -0.3 is 14.4 Å². The van der Waals surface area contributed by atoms with Gasteiger partial charge in [0.1, 0.15) is 0 Å². The number of hydrogen-bond donors (Lipinski definition) is 2. The summed E-state index contributed by atoms with van der Waals surface area (Å²) in [6.07, 6.45) is 1.60. The van der Waals surface area contributed by atoms with Gasteiger partial charge in [0, 0.05) is 35.9 Å². The topological polar surface area (TPSA) is 96.7 Å². The van der Waals surface area contributed by atoms with Crippen LogP contribution in [0.15, 0.2) is 33.9 Å². The van der Waals surface area contributed by atoms with E-state index in [0.717, 1.165) is 23.5 Å². The van der Waals surface area contributed by atoms with Crippen molar-refractivity contribution in [2.45, 2.75) is 25.6 Å². The summed E-state index contributed by atoms with van der Waals surface area (Å²) in [5.41, 5.74) is -1.12. The first kappa shape index (κ1) is 20.2. The van der Waals surface area contributed by atoms with Gasteiger partial charge in [-0.2, -0.15) is 0 Å². The molecule has 154 valence electrons. The number of carbonyl (C=O) groups is 1. The molecule has 29 heavy (non-hydrogen) atoms. The number of pyridine rings is 1.